The fourth-order valence-corrected chi connectivity index (χ4v) is 1.86. The highest BCUT2D eigenvalue weighted by Crippen LogP contribution is 2.27. The summed E-state index contributed by atoms with van der Waals surface area (Å²) in [5, 5.41) is 3.41. The number of ether oxygens (including phenoxy) is 2. The van der Waals surface area contributed by atoms with Crippen LogP contribution in [0.5, 0.6) is 5.75 Å². The summed E-state index contributed by atoms with van der Waals surface area (Å²) in [7, 11) is 1.70. The molecule has 0 saturated carbocycles. The molecule has 0 fully saturated rings. The molecule has 0 bridgehead atoms. The molecule has 3 nitrogen and oxygen atoms in total. The van der Waals surface area contributed by atoms with Crippen LogP contribution in [0.3, 0.4) is 0 Å². The van der Waals surface area contributed by atoms with Gasteiger partial charge in [0.05, 0.1) is 13.2 Å². The van der Waals surface area contributed by atoms with E-state index in [1.54, 1.807) is 7.11 Å². The summed E-state index contributed by atoms with van der Waals surface area (Å²) in [5.74, 6) is 0.900. The predicted molar refractivity (Wildman–Crippen MR) is 75.1 cm³/mol. The second-order valence-corrected chi connectivity index (χ2v) is 4.31. The lowest BCUT2D eigenvalue weighted by Crippen LogP contribution is -2.24. The third kappa shape index (κ3) is 4.67. The lowest BCUT2D eigenvalue weighted by molar-refractivity contribution is 0.0515. The number of benzene rings is 1. The first-order valence-electron chi connectivity index (χ1n) is 6.78. The van der Waals surface area contributed by atoms with Crippen molar-refractivity contribution in [2.75, 3.05) is 26.8 Å². The Kier molecular flexibility index (Phi) is 7.46. The van der Waals surface area contributed by atoms with Gasteiger partial charge in [-0.2, -0.15) is 0 Å². The molecule has 1 atom stereocenters. The Morgan fingerprint density at radius 3 is 2.61 bits per heavy atom. The minimum atomic E-state index is 0.0626. The van der Waals surface area contributed by atoms with Gasteiger partial charge in [0.25, 0.3) is 0 Å². The van der Waals surface area contributed by atoms with Gasteiger partial charge >= 0.3 is 0 Å². The molecule has 0 amide bonds. The molecule has 0 heterocycles. The van der Waals surface area contributed by atoms with E-state index in [4.69, 9.17) is 9.47 Å². The molecule has 1 aromatic carbocycles. The standard InChI is InChI=1S/C15H25NO2/c1-4-10-16-12-15(18-11-5-2)13-8-6-7-9-14(13)17-3/h6-9,15-16H,4-5,10-12H2,1-3H3. The van der Waals surface area contributed by atoms with Crippen LogP contribution in [0.25, 0.3) is 0 Å². The van der Waals surface area contributed by atoms with E-state index in [9.17, 15) is 0 Å². The average Bonchev–Trinajstić information content (AvgIpc) is 2.42. The number of methoxy groups -OCH3 is 1. The third-order valence-electron chi connectivity index (χ3n) is 2.77. The minimum absolute atomic E-state index is 0.0626. The van der Waals surface area contributed by atoms with E-state index in [0.29, 0.717) is 0 Å². The van der Waals surface area contributed by atoms with Crippen molar-refractivity contribution >= 4 is 0 Å². The molecule has 0 spiro atoms. The normalized spacial score (nSPS) is 12.4. The first-order valence-corrected chi connectivity index (χ1v) is 6.78. The second-order valence-electron chi connectivity index (χ2n) is 4.31. The smallest absolute Gasteiger partial charge is 0.124 e. The second kappa shape index (κ2) is 8.95. The van der Waals surface area contributed by atoms with Gasteiger partial charge in [-0.25, -0.2) is 0 Å². The van der Waals surface area contributed by atoms with Crippen LogP contribution in [0.15, 0.2) is 24.3 Å². The van der Waals surface area contributed by atoms with E-state index < -0.39 is 0 Å². The number of para-hydroxylation sites is 1. The molecule has 0 aliphatic carbocycles. The first-order chi connectivity index (χ1) is 8.83. The fraction of sp³-hybridized carbons (Fsp3) is 0.600. The summed E-state index contributed by atoms with van der Waals surface area (Å²) < 4.78 is 11.3. The van der Waals surface area contributed by atoms with E-state index in [2.05, 4.69) is 25.2 Å². The van der Waals surface area contributed by atoms with Crippen LogP contribution in [0, 0.1) is 0 Å². The lowest BCUT2D eigenvalue weighted by Gasteiger charge is -2.20. The maximum atomic E-state index is 5.92. The van der Waals surface area contributed by atoms with Crippen molar-refractivity contribution in [2.24, 2.45) is 0 Å². The van der Waals surface area contributed by atoms with Crippen molar-refractivity contribution in [3.8, 4) is 5.75 Å². The summed E-state index contributed by atoms with van der Waals surface area (Å²) in [6.45, 7) is 6.91. The van der Waals surface area contributed by atoms with E-state index in [0.717, 1.165) is 43.9 Å². The van der Waals surface area contributed by atoms with Crippen LogP contribution in [0.4, 0.5) is 0 Å². The zero-order chi connectivity index (χ0) is 13.2. The summed E-state index contributed by atoms with van der Waals surface area (Å²) in [6.07, 6.45) is 2.22. The molecule has 0 radical (unpaired) electrons. The maximum absolute atomic E-state index is 5.92. The zero-order valence-corrected chi connectivity index (χ0v) is 11.7. The lowest BCUT2D eigenvalue weighted by atomic mass is 10.1. The fourth-order valence-electron chi connectivity index (χ4n) is 1.86. The number of hydrogen-bond donors (Lipinski definition) is 1. The van der Waals surface area contributed by atoms with Gasteiger partial charge in [-0.05, 0) is 25.5 Å². The van der Waals surface area contributed by atoms with Gasteiger partial charge in [0.2, 0.25) is 0 Å². The zero-order valence-electron chi connectivity index (χ0n) is 11.7. The van der Waals surface area contributed by atoms with Gasteiger partial charge in [-0.15, -0.1) is 0 Å². The van der Waals surface area contributed by atoms with Gasteiger partial charge in [0.15, 0.2) is 0 Å². The average molecular weight is 251 g/mol. The Hall–Kier alpha value is -1.06. The molecule has 0 aliphatic heterocycles. The molecule has 1 rings (SSSR count). The highest BCUT2D eigenvalue weighted by atomic mass is 16.5. The summed E-state index contributed by atoms with van der Waals surface area (Å²) in [4.78, 5) is 0. The van der Waals surface area contributed by atoms with E-state index in [1.165, 1.54) is 0 Å². The van der Waals surface area contributed by atoms with Crippen LogP contribution in [-0.4, -0.2) is 26.8 Å². The third-order valence-corrected chi connectivity index (χ3v) is 2.77. The maximum Gasteiger partial charge on any atom is 0.124 e. The molecule has 3 heteroatoms. The van der Waals surface area contributed by atoms with E-state index in [-0.39, 0.29) is 6.10 Å². The Morgan fingerprint density at radius 2 is 1.94 bits per heavy atom. The quantitative estimate of drug-likeness (QED) is 0.684. The summed E-state index contributed by atoms with van der Waals surface area (Å²) in [6, 6.07) is 8.07. The molecule has 0 aliphatic rings. The molecule has 0 aromatic heterocycles. The summed E-state index contributed by atoms with van der Waals surface area (Å²) in [5.41, 5.74) is 1.12. The Bertz CT molecular complexity index is 328. The van der Waals surface area contributed by atoms with Gasteiger partial charge in [-0.3, -0.25) is 0 Å². The van der Waals surface area contributed by atoms with Gasteiger partial charge in [0.1, 0.15) is 5.75 Å². The molecule has 1 N–H and O–H groups in total. The highest BCUT2D eigenvalue weighted by Gasteiger charge is 2.15. The van der Waals surface area contributed by atoms with Crippen molar-refractivity contribution in [1.29, 1.82) is 0 Å². The first kappa shape index (κ1) is 15.0. The predicted octanol–water partition coefficient (Wildman–Crippen LogP) is 3.16. The summed E-state index contributed by atoms with van der Waals surface area (Å²) >= 11 is 0. The molecule has 18 heavy (non-hydrogen) atoms. The number of hydrogen-bond acceptors (Lipinski definition) is 3. The van der Waals surface area contributed by atoms with E-state index in [1.807, 2.05) is 18.2 Å². The molecular formula is C15H25NO2. The van der Waals surface area contributed by atoms with Gasteiger partial charge < -0.3 is 14.8 Å². The van der Waals surface area contributed by atoms with Crippen LogP contribution in [0.1, 0.15) is 38.4 Å². The topological polar surface area (TPSA) is 30.5 Å². The van der Waals surface area contributed by atoms with Crippen molar-refractivity contribution in [1.82, 2.24) is 5.32 Å². The highest BCUT2D eigenvalue weighted by molar-refractivity contribution is 5.35. The Morgan fingerprint density at radius 1 is 1.17 bits per heavy atom. The Balaban J connectivity index is 2.72. The van der Waals surface area contributed by atoms with Crippen LogP contribution in [0.2, 0.25) is 0 Å². The molecular weight excluding hydrogens is 226 g/mol. The molecule has 0 saturated heterocycles. The van der Waals surface area contributed by atoms with Crippen molar-refractivity contribution in [2.45, 2.75) is 32.8 Å². The van der Waals surface area contributed by atoms with E-state index >= 15 is 0 Å². The Labute approximate surface area is 110 Å². The van der Waals surface area contributed by atoms with Crippen molar-refractivity contribution in [3.05, 3.63) is 29.8 Å². The molecule has 1 unspecified atom stereocenters. The van der Waals surface area contributed by atoms with Crippen molar-refractivity contribution < 1.29 is 9.47 Å². The van der Waals surface area contributed by atoms with Crippen LogP contribution < -0.4 is 10.1 Å². The monoisotopic (exact) mass is 251 g/mol. The van der Waals surface area contributed by atoms with Gasteiger partial charge in [0, 0.05) is 18.7 Å². The molecule has 102 valence electrons. The van der Waals surface area contributed by atoms with Crippen molar-refractivity contribution in [3.63, 3.8) is 0 Å². The molecule has 1 aromatic rings. The minimum Gasteiger partial charge on any atom is -0.496 e. The van der Waals surface area contributed by atoms with Crippen LogP contribution in [-0.2, 0) is 4.74 Å². The number of rotatable bonds is 9. The van der Waals surface area contributed by atoms with Gasteiger partial charge in [-0.1, -0.05) is 32.0 Å². The SMILES string of the molecule is CCCNCC(OCCC)c1ccccc1OC. The number of nitrogens with one attached hydrogen (secondary N) is 1. The largest absolute Gasteiger partial charge is 0.496 e. The van der Waals surface area contributed by atoms with Crippen LogP contribution >= 0.6 is 0 Å².